The van der Waals surface area contributed by atoms with Gasteiger partial charge in [0.25, 0.3) is 0 Å². The van der Waals surface area contributed by atoms with Gasteiger partial charge in [0.1, 0.15) is 12.1 Å². The Morgan fingerprint density at radius 3 is 2.68 bits per heavy atom. The first-order valence-electron chi connectivity index (χ1n) is 7.26. The van der Waals surface area contributed by atoms with Gasteiger partial charge in [-0.05, 0) is 36.1 Å². The van der Waals surface area contributed by atoms with E-state index in [1.54, 1.807) is 6.26 Å². The van der Waals surface area contributed by atoms with Gasteiger partial charge in [-0.3, -0.25) is 9.59 Å². The predicted molar refractivity (Wildman–Crippen MR) is 83.8 cm³/mol. The second-order valence-electron chi connectivity index (χ2n) is 5.65. The second-order valence-corrected chi connectivity index (χ2v) is 5.65. The number of hydrogen-bond acceptors (Lipinski definition) is 4. The fourth-order valence-electron chi connectivity index (χ4n) is 2.48. The fraction of sp³-hybridized carbons (Fsp3) is 0.412. The van der Waals surface area contributed by atoms with E-state index in [4.69, 9.17) is 4.42 Å². The highest BCUT2D eigenvalue weighted by Gasteiger charge is 2.14. The van der Waals surface area contributed by atoms with Gasteiger partial charge in [0.2, 0.25) is 5.91 Å². The van der Waals surface area contributed by atoms with Crippen molar-refractivity contribution in [1.29, 1.82) is 0 Å². The number of carbonyl (C=O) groups is 2. The van der Waals surface area contributed by atoms with E-state index in [1.165, 1.54) is 18.2 Å². The molecule has 0 aliphatic rings. The lowest BCUT2D eigenvalue weighted by Gasteiger charge is -2.10. The minimum atomic E-state index is -0.469. The van der Waals surface area contributed by atoms with Gasteiger partial charge < -0.3 is 14.5 Å². The first-order chi connectivity index (χ1) is 10.4. The number of benzene rings is 1. The van der Waals surface area contributed by atoms with E-state index in [1.807, 2.05) is 6.07 Å². The lowest BCUT2D eigenvalue weighted by Crippen LogP contribution is -2.31. The van der Waals surface area contributed by atoms with Gasteiger partial charge in [0.05, 0.1) is 19.8 Å². The van der Waals surface area contributed by atoms with Crippen LogP contribution in [0.15, 0.2) is 22.8 Å². The molecule has 0 saturated heterocycles. The van der Waals surface area contributed by atoms with Crippen molar-refractivity contribution in [1.82, 2.24) is 5.32 Å². The molecule has 0 saturated carbocycles. The lowest BCUT2D eigenvalue weighted by atomic mass is 9.95. The molecular weight excluding hydrogens is 282 g/mol. The zero-order valence-corrected chi connectivity index (χ0v) is 13.4. The van der Waals surface area contributed by atoms with E-state index in [9.17, 15) is 9.59 Å². The molecule has 5 nitrogen and oxygen atoms in total. The van der Waals surface area contributed by atoms with Crippen LogP contribution in [0.25, 0.3) is 11.0 Å². The Bertz CT molecular complexity index is 700. The molecule has 0 bridgehead atoms. The molecule has 5 heteroatoms. The molecule has 118 valence electrons. The molecule has 0 atom stereocenters. The number of ether oxygens (including phenoxy) is 1. The van der Waals surface area contributed by atoms with Crippen LogP contribution in [0.1, 0.15) is 36.5 Å². The van der Waals surface area contributed by atoms with Crippen LogP contribution in [-0.4, -0.2) is 25.5 Å². The highest BCUT2D eigenvalue weighted by molar-refractivity contribution is 5.89. The summed E-state index contributed by atoms with van der Waals surface area (Å²) in [5, 5.41) is 3.48. The summed E-state index contributed by atoms with van der Waals surface area (Å²) < 4.78 is 10.0. The molecular formula is C17H21NO4. The minimum Gasteiger partial charge on any atom is -0.468 e. The van der Waals surface area contributed by atoms with Gasteiger partial charge in [-0.1, -0.05) is 13.8 Å². The first kappa shape index (κ1) is 16.1. The number of carbonyl (C=O) groups excluding carboxylic acids is 2. The molecule has 0 fully saturated rings. The highest BCUT2D eigenvalue weighted by Crippen LogP contribution is 2.29. The molecule has 0 unspecified atom stereocenters. The Balaban J connectivity index is 2.19. The smallest absolute Gasteiger partial charge is 0.325 e. The number of hydrogen-bond donors (Lipinski definition) is 1. The van der Waals surface area contributed by atoms with Crippen molar-refractivity contribution in [2.75, 3.05) is 13.7 Å². The van der Waals surface area contributed by atoms with Gasteiger partial charge in [0, 0.05) is 10.9 Å². The van der Waals surface area contributed by atoms with Crippen molar-refractivity contribution in [2.45, 2.75) is 33.1 Å². The number of amides is 1. The Morgan fingerprint density at radius 2 is 2.05 bits per heavy atom. The number of nitrogens with one attached hydrogen (secondary N) is 1. The van der Waals surface area contributed by atoms with Crippen molar-refractivity contribution in [3.8, 4) is 0 Å². The minimum absolute atomic E-state index is 0.124. The maximum Gasteiger partial charge on any atom is 0.325 e. The Kier molecular flexibility index (Phi) is 4.85. The number of rotatable bonds is 5. The third-order valence-corrected chi connectivity index (χ3v) is 3.67. The van der Waals surface area contributed by atoms with E-state index in [2.05, 4.69) is 36.9 Å². The Morgan fingerprint density at radius 1 is 1.32 bits per heavy atom. The maximum absolute atomic E-state index is 11.9. The quantitative estimate of drug-likeness (QED) is 0.862. The van der Waals surface area contributed by atoms with Crippen LogP contribution in [0.4, 0.5) is 0 Å². The van der Waals surface area contributed by atoms with Gasteiger partial charge in [0.15, 0.2) is 0 Å². The lowest BCUT2D eigenvalue weighted by molar-refractivity contribution is -0.141. The van der Waals surface area contributed by atoms with Gasteiger partial charge >= 0.3 is 5.97 Å². The zero-order valence-electron chi connectivity index (χ0n) is 13.4. The molecule has 22 heavy (non-hydrogen) atoms. The van der Waals surface area contributed by atoms with Gasteiger partial charge in [-0.2, -0.15) is 0 Å². The monoisotopic (exact) mass is 303 g/mol. The normalized spacial score (nSPS) is 11.0. The Labute approximate surface area is 129 Å². The average Bonchev–Trinajstić information content (AvgIpc) is 2.85. The van der Waals surface area contributed by atoms with E-state index in [0.717, 1.165) is 16.5 Å². The number of aryl methyl sites for hydroxylation is 1. The van der Waals surface area contributed by atoms with Crippen LogP contribution in [0.3, 0.4) is 0 Å². The summed E-state index contributed by atoms with van der Waals surface area (Å²) in [6, 6.07) is 4.09. The van der Waals surface area contributed by atoms with E-state index in [-0.39, 0.29) is 18.9 Å². The number of methoxy groups -OCH3 is 1. The molecule has 0 spiro atoms. The number of esters is 1. The highest BCUT2D eigenvalue weighted by atomic mass is 16.5. The van der Waals surface area contributed by atoms with Crippen LogP contribution in [0.2, 0.25) is 0 Å². The number of furan rings is 1. The van der Waals surface area contributed by atoms with Crippen molar-refractivity contribution < 1.29 is 18.7 Å². The maximum atomic E-state index is 11.9. The second kappa shape index (κ2) is 6.64. The molecule has 1 aromatic carbocycles. The molecule has 0 aliphatic heterocycles. The van der Waals surface area contributed by atoms with Gasteiger partial charge in [-0.25, -0.2) is 0 Å². The Hall–Kier alpha value is -2.30. The third-order valence-electron chi connectivity index (χ3n) is 3.67. The largest absolute Gasteiger partial charge is 0.468 e. The summed E-state index contributed by atoms with van der Waals surface area (Å²) in [6.07, 6.45) is 1.77. The summed E-state index contributed by atoms with van der Waals surface area (Å²) in [6.45, 7) is 6.20. The van der Waals surface area contributed by atoms with Crippen molar-refractivity contribution in [3.05, 3.63) is 35.1 Å². The summed E-state index contributed by atoms with van der Waals surface area (Å²) in [4.78, 5) is 22.9. The van der Waals surface area contributed by atoms with E-state index < -0.39 is 5.97 Å². The summed E-state index contributed by atoms with van der Waals surface area (Å²) in [7, 11) is 1.29. The molecule has 1 N–H and O–H groups in total. The van der Waals surface area contributed by atoms with Crippen LogP contribution in [0, 0.1) is 6.92 Å². The predicted octanol–water partition coefficient (Wildman–Crippen LogP) is 2.70. The van der Waals surface area contributed by atoms with E-state index >= 15 is 0 Å². The fourth-order valence-corrected chi connectivity index (χ4v) is 2.48. The molecule has 1 aromatic heterocycles. The zero-order chi connectivity index (χ0) is 16.3. The molecule has 2 rings (SSSR count). The molecule has 1 heterocycles. The molecule has 0 radical (unpaired) electrons. The van der Waals surface area contributed by atoms with Crippen LogP contribution in [-0.2, 0) is 20.7 Å². The first-order valence-corrected chi connectivity index (χ1v) is 7.26. The molecule has 2 aromatic rings. The van der Waals surface area contributed by atoms with Crippen LogP contribution < -0.4 is 5.32 Å². The number of fused-ring (bicyclic) bond motifs is 1. The van der Waals surface area contributed by atoms with Crippen LogP contribution >= 0.6 is 0 Å². The summed E-state index contributed by atoms with van der Waals surface area (Å²) in [5.41, 5.74) is 4.01. The molecule has 1 amide bonds. The van der Waals surface area contributed by atoms with Crippen molar-refractivity contribution in [3.63, 3.8) is 0 Å². The topological polar surface area (TPSA) is 68.5 Å². The molecule has 0 aliphatic carbocycles. The average molecular weight is 303 g/mol. The van der Waals surface area contributed by atoms with Gasteiger partial charge in [-0.15, -0.1) is 0 Å². The third kappa shape index (κ3) is 3.47. The summed E-state index contributed by atoms with van der Waals surface area (Å²) in [5.74, 6) is -0.303. The van der Waals surface area contributed by atoms with Crippen LogP contribution in [0.5, 0.6) is 0 Å². The van der Waals surface area contributed by atoms with Crippen molar-refractivity contribution >= 4 is 22.8 Å². The standard InChI is InChI=1S/C17H21NO4/c1-10(2)13-7-14-12(9-22-15(14)5-11(13)3)6-16(19)18-8-17(20)21-4/h5,7,9-10H,6,8H2,1-4H3,(H,18,19). The van der Waals surface area contributed by atoms with E-state index in [0.29, 0.717) is 5.92 Å². The summed E-state index contributed by atoms with van der Waals surface area (Å²) >= 11 is 0. The SMILES string of the molecule is COC(=O)CNC(=O)Cc1coc2cc(C)c(C(C)C)cc12. The van der Waals surface area contributed by atoms with Crippen molar-refractivity contribution in [2.24, 2.45) is 0 Å².